The number of amides is 2. The van der Waals surface area contributed by atoms with Crippen LogP contribution in [0.2, 0.25) is 0 Å². The summed E-state index contributed by atoms with van der Waals surface area (Å²) >= 11 is 0. The minimum atomic E-state index is -0.0951. The lowest BCUT2D eigenvalue weighted by atomic mass is 10.1. The van der Waals surface area contributed by atoms with Crippen molar-refractivity contribution in [3.63, 3.8) is 0 Å². The largest absolute Gasteiger partial charge is 0.395 e. The van der Waals surface area contributed by atoms with Gasteiger partial charge in [-0.2, -0.15) is 0 Å². The van der Waals surface area contributed by atoms with Crippen molar-refractivity contribution in [2.75, 3.05) is 52.4 Å². The second-order valence-electron chi connectivity index (χ2n) is 6.81. The zero-order valence-electron chi connectivity index (χ0n) is 14.4. The molecule has 3 heterocycles. The van der Waals surface area contributed by atoms with E-state index >= 15 is 0 Å². The number of aryl methyl sites for hydroxylation is 1. The lowest BCUT2D eigenvalue weighted by Gasteiger charge is -2.47. The molecule has 24 heavy (non-hydrogen) atoms. The number of nitrogens with zero attached hydrogens (tertiary/aromatic N) is 3. The Hall–Kier alpha value is -1.63. The molecule has 1 aromatic carbocycles. The van der Waals surface area contributed by atoms with Crippen LogP contribution < -0.4 is 5.32 Å². The summed E-state index contributed by atoms with van der Waals surface area (Å²) < 4.78 is 0. The van der Waals surface area contributed by atoms with Crippen molar-refractivity contribution in [1.29, 1.82) is 0 Å². The van der Waals surface area contributed by atoms with Gasteiger partial charge in [-0.1, -0.05) is 29.8 Å². The van der Waals surface area contributed by atoms with Crippen LogP contribution in [-0.2, 0) is 6.54 Å². The van der Waals surface area contributed by atoms with E-state index in [2.05, 4.69) is 15.1 Å². The predicted octanol–water partition coefficient (Wildman–Crippen LogP) is 0.499. The molecule has 0 aliphatic carbocycles. The summed E-state index contributed by atoms with van der Waals surface area (Å²) in [5, 5.41) is 12.3. The predicted molar refractivity (Wildman–Crippen MR) is 93.9 cm³/mol. The van der Waals surface area contributed by atoms with E-state index in [1.54, 1.807) is 4.90 Å². The van der Waals surface area contributed by atoms with Crippen molar-refractivity contribution in [3.05, 3.63) is 35.4 Å². The van der Waals surface area contributed by atoms with Crippen LogP contribution in [0.1, 0.15) is 11.1 Å². The van der Waals surface area contributed by atoms with Gasteiger partial charge in [-0.15, -0.1) is 0 Å². The second-order valence-corrected chi connectivity index (χ2v) is 6.81. The first-order chi connectivity index (χ1) is 11.7. The first-order valence-electron chi connectivity index (χ1n) is 8.81. The molecule has 2 bridgehead atoms. The lowest BCUT2D eigenvalue weighted by molar-refractivity contribution is 0.0142. The molecule has 4 rings (SSSR count). The molecule has 3 saturated heterocycles. The van der Waals surface area contributed by atoms with Gasteiger partial charge in [0.2, 0.25) is 0 Å². The van der Waals surface area contributed by atoms with Gasteiger partial charge < -0.3 is 15.3 Å². The molecule has 2 N–H and O–H groups in total. The molecule has 0 aromatic heterocycles. The third-order valence-electron chi connectivity index (χ3n) is 5.03. The number of nitrogens with one attached hydrogen (secondary N) is 1. The average Bonchev–Trinajstić information content (AvgIpc) is 2.62. The lowest BCUT2D eigenvalue weighted by Crippen LogP contribution is -2.63. The molecule has 0 unspecified atom stereocenters. The Morgan fingerprint density at radius 2 is 1.96 bits per heavy atom. The van der Waals surface area contributed by atoms with Crippen molar-refractivity contribution in [3.8, 4) is 0 Å². The quantitative estimate of drug-likeness (QED) is 0.796. The number of urea groups is 1. The van der Waals surface area contributed by atoms with E-state index in [1.807, 2.05) is 31.2 Å². The third-order valence-corrected chi connectivity index (χ3v) is 5.03. The van der Waals surface area contributed by atoms with Crippen LogP contribution >= 0.6 is 0 Å². The van der Waals surface area contributed by atoms with Crippen molar-refractivity contribution < 1.29 is 9.90 Å². The highest BCUT2D eigenvalue weighted by atomic mass is 16.3. The van der Waals surface area contributed by atoms with Crippen molar-refractivity contribution in [2.24, 2.45) is 0 Å². The Balaban J connectivity index is 1.53. The van der Waals surface area contributed by atoms with E-state index in [0.29, 0.717) is 25.7 Å². The van der Waals surface area contributed by atoms with Gasteiger partial charge in [0.25, 0.3) is 0 Å². The molecule has 6 nitrogen and oxygen atoms in total. The van der Waals surface area contributed by atoms with Crippen LogP contribution in [0.25, 0.3) is 0 Å². The highest BCUT2D eigenvalue weighted by Crippen LogP contribution is 2.15. The Kier molecular flexibility index (Phi) is 5.71. The Bertz CT molecular complexity index is 540. The number of rotatable bonds is 6. The Labute approximate surface area is 144 Å². The molecule has 0 spiro atoms. The van der Waals surface area contributed by atoms with Gasteiger partial charge >= 0.3 is 6.03 Å². The SMILES string of the molecule is Cc1ccc(CN(CCO)C(=O)NC[C@@H]2CN3CCN2CC3)cc1. The standard InChI is InChI=1S/C18H28N4O2/c1-15-2-4-16(5-3-15)13-22(10-11-23)18(24)19-12-17-14-20-6-8-21(17)9-7-20/h2-5,17,23H,6-14H2,1H3,(H,19,24)/t17-/m1/s1. The first-order valence-corrected chi connectivity index (χ1v) is 8.81. The smallest absolute Gasteiger partial charge is 0.317 e. The molecule has 3 fully saturated rings. The van der Waals surface area contributed by atoms with E-state index < -0.39 is 0 Å². The number of carbonyl (C=O) groups excluding carboxylic acids is 1. The molecule has 0 radical (unpaired) electrons. The average molecular weight is 332 g/mol. The van der Waals surface area contributed by atoms with Crippen LogP contribution in [0.4, 0.5) is 4.79 Å². The van der Waals surface area contributed by atoms with Crippen molar-refractivity contribution in [1.82, 2.24) is 20.0 Å². The topological polar surface area (TPSA) is 59.1 Å². The number of aliphatic hydroxyl groups is 1. The first kappa shape index (κ1) is 17.2. The number of aliphatic hydroxyl groups excluding tert-OH is 1. The van der Waals surface area contributed by atoms with Gasteiger partial charge in [0.15, 0.2) is 0 Å². The van der Waals surface area contributed by atoms with Gasteiger partial charge in [-0.05, 0) is 12.5 Å². The highest BCUT2D eigenvalue weighted by Gasteiger charge is 2.32. The Morgan fingerprint density at radius 3 is 2.54 bits per heavy atom. The monoisotopic (exact) mass is 332 g/mol. The summed E-state index contributed by atoms with van der Waals surface area (Å²) in [5.41, 5.74) is 2.28. The molecule has 6 heteroatoms. The van der Waals surface area contributed by atoms with E-state index in [4.69, 9.17) is 0 Å². The van der Waals surface area contributed by atoms with Crippen LogP contribution in [0.5, 0.6) is 0 Å². The number of hydrogen-bond donors (Lipinski definition) is 2. The molecule has 3 aliphatic heterocycles. The summed E-state index contributed by atoms with van der Waals surface area (Å²) in [7, 11) is 0. The number of fused-ring (bicyclic) bond motifs is 3. The van der Waals surface area contributed by atoms with Gasteiger partial charge in [0.05, 0.1) is 6.61 Å². The highest BCUT2D eigenvalue weighted by molar-refractivity contribution is 5.74. The number of carbonyl (C=O) groups is 1. The van der Waals surface area contributed by atoms with Crippen LogP contribution in [0.3, 0.4) is 0 Å². The van der Waals surface area contributed by atoms with E-state index in [0.717, 1.165) is 38.3 Å². The molecule has 0 saturated carbocycles. The van der Waals surface area contributed by atoms with Gasteiger partial charge in [-0.25, -0.2) is 4.79 Å². The van der Waals surface area contributed by atoms with Crippen LogP contribution in [0.15, 0.2) is 24.3 Å². The second kappa shape index (κ2) is 7.96. The zero-order valence-corrected chi connectivity index (χ0v) is 14.4. The van der Waals surface area contributed by atoms with Crippen molar-refractivity contribution in [2.45, 2.75) is 19.5 Å². The minimum absolute atomic E-state index is 0.0252. The Morgan fingerprint density at radius 1 is 1.25 bits per heavy atom. The van der Waals surface area contributed by atoms with E-state index in [1.165, 1.54) is 5.56 Å². The van der Waals surface area contributed by atoms with Crippen molar-refractivity contribution >= 4 is 6.03 Å². The maximum absolute atomic E-state index is 12.5. The fourth-order valence-electron chi connectivity index (χ4n) is 3.52. The summed E-state index contributed by atoms with van der Waals surface area (Å²) in [4.78, 5) is 19.1. The maximum Gasteiger partial charge on any atom is 0.317 e. The fraction of sp³-hybridized carbons (Fsp3) is 0.611. The minimum Gasteiger partial charge on any atom is -0.395 e. The summed E-state index contributed by atoms with van der Waals surface area (Å²) in [6.45, 7) is 9.10. The number of piperazine rings is 3. The van der Waals surface area contributed by atoms with Crippen LogP contribution in [-0.4, -0.2) is 84.3 Å². The van der Waals surface area contributed by atoms with E-state index in [9.17, 15) is 9.90 Å². The maximum atomic E-state index is 12.5. The van der Waals surface area contributed by atoms with Gasteiger partial charge in [0.1, 0.15) is 0 Å². The zero-order chi connectivity index (χ0) is 16.9. The normalized spacial score (nSPS) is 25.5. The summed E-state index contributed by atoms with van der Waals surface area (Å²) in [6.07, 6.45) is 0. The molecule has 2 amide bonds. The molecular formula is C18H28N4O2. The number of hydrogen-bond acceptors (Lipinski definition) is 4. The molecule has 132 valence electrons. The molecular weight excluding hydrogens is 304 g/mol. The number of benzene rings is 1. The third kappa shape index (κ3) is 4.26. The van der Waals surface area contributed by atoms with E-state index in [-0.39, 0.29) is 12.6 Å². The van der Waals surface area contributed by atoms with Crippen LogP contribution in [0, 0.1) is 6.92 Å². The summed E-state index contributed by atoms with van der Waals surface area (Å²) in [6, 6.07) is 8.47. The molecule has 1 atom stereocenters. The molecule has 3 aliphatic rings. The fourth-order valence-corrected chi connectivity index (χ4v) is 3.52. The van der Waals surface area contributed by atoms with Gasteiger partial charge in [-0.3, -0.25) is 9.80 Å². The summed E-state index contributed by atoms with van der Waals surface area (Å²) in [5.74, 6) is 0. The van der Waals surface area contributed by atoms with Gasteiger partial charge in [0, 0.05) is 58.4 Å². The molecule has 1 aromatic rings.